The molecule has 1 aromatic rings. The summed E-state index contributed by atoms with van der Waals surface area (Å²) >= 11 is 5.77. The highest BCUT2D eigenvalue weighted by atomic mass is 35.5. The van der Waals surface area contributed by atoms with E-state index in [2.05, 4.69) is 4.99 Å². The van der Waals surface area contributed by atoms with Crippen LogP contribution in [0, 0.1) is 0 Å². The Hall–Kier alpha value is -2.01. The van der Waals surface area contributed by atoms with E-state index >= 15 is 0 Å². The minimum absolute atomic E-state index is 0.0822. The van der Waals surface area contributed by atoms with Gasteiger partial charge in [-0.25, -0.2) is 4.79 Å². The first-order chi connectivity index (χ1) is 8.95. The van der Waals surface area contributed by atoms with E-state index in [1.54, 1.807) is 6.92 Å². The van der Waals surface area contributed by atoms with E-state index in [1.807, 2.05) is 0 Å². The average Bonchev–Trinajstić information content (AvgIpc) is 2.33. The number of hydrogen-bond donors (Lipinski definition) is 2. The highest BCUT2D eigenvalue weighted by Gasteiger charge is 2.12. The summed E-state index contributed by atoms with van der Waals surface area (Å²) in [6, 6.07) is 4.33. The fourth-order valence-electron chi connectivity index (χ4n) is 1.24. The standard InChI is InChI=1S/C13H14ClNO4/c1-3-19-13(18)10(8(2)16)7-15-11-6-9(14)4-5-12(11)17/h4-7,16-17H,3H2,1-2H3/b10-8-,15-7?. The molecule has 0 saturated carbocycles. The first-order valence-corrected chi connectivity index (χ1v) is 5.93. The van der Waals surface area contributed by atoms with Gasteiger partial charge in [0.1, 0.15) is 22.8 Å². The molecule has 6 heteroatoms. The molecule has 5 nitrogen and oxygen atoms in total. The number of aliphatic hydroxyl groups excluding tert-OH is 1. The van der Waals surface area contributed by atoms with Crippen molar-refractivity contribution in [1.82, 2.24) is 0 Å². The van der Waals surface area contributed by atoms with Crippen molar-refractivity contribution < 1.29 is 19.7 Å². The van der Waals surface area contributed by atoms with Crippen molar-refractivity contribution in [3.05, 3.63) is 34.6 Å². The van der Waals surface area contributed by atoms with Crippen LogP contribution in [0.15, 0.2) is 34.5 Å². The average molecular weight is 284 g/mol. The molecule has 0 aliphatic carbocycles. The highest BCUT2D eigenvalue weighted by molar-refractivity contribution is 6.30. The summed E-state index contributed by atoms with van der Waals surface area (Å²) in [6.45, 7) is 3.18. The van der Waals surface area contributed by atoms with Gasteiger partial charge in [-0.1, -0.05) is 11.6 Å². The van der Waals surface area contributed by atoms with Crippen molar-refractivity contribution in [2.24, 2.45) is 4.99 Å². The molecule has 0 radical (unpaired) electrons. The lowest BCUT2D eigenvalue weighted by atomic mass is 10.2. The van der Waals surface area contributed by atoms with E-state index < -0.39 is 5.97 Å². The van der Waals surface area contributed by atoms with Gasteiger partial charge in [-0.15, -0.1) is 0 Å². The first-order valence-electron chi connectivity index (χ1n) is 5.55. The van der Waals surface area contributed by atoms with Gasteiger partial charge in [0.2, 0.25) is 0 Å². The fourth-order valence-corrected chi connectivity index (χ4v) is 1.40. The summed E-state index contributed by atoms with van der Waals surface area (Å²) in [5.74, 6) is -0.990. The predicted octanol–water partition coefficient (Wildman–Crippen LogP) is 3.14. The maximum absolute atomic E-state index is 11.5. The van der Waals surface area contributed by atoms with E-state index in [0.717, 1.165) is 6.21 Å². The number of halogens is 1. The molecule has 0 saturated heterocycles. The van der Waals surface area contributed by atoms with Crippen LogP contribution in [0.3, 0.4) is 0 Å². The summed E-state index contributed by atoms with van der Waals surface area (Å²) in [5.41, 5.74) is 0.108. The largest absolute Gasteiger partial charge is 0.512 e. The molecule has 0 aliphatic heterocycles. The summed E-state index contributed by atoms with van der Waals surface area (Å²) in [4.78, 5) is 15.5. The van der Waals surface area contributed by atoms with Gasteiger partial charge in [0, 0.05) is 11.2 Å². The molecule has 0 atom stereocenters. The normalized spacial score (nSPS) is 12.4. The molecule has 0 spiro atoms. The van der Waals surface area contributed by atoms with Gasteiger partial charge >= 0.3 is 5.97 Å². The Kier molecular flexibility index (Phi) is 5.38. The monoisotopic (exact) mass is 283 g/mol. The number of hydrogen-bond acceptors (Lipinski definition) is 5. The lowest BCUT2D eigenvalue weighted by Gasteiger charge is -2.03. The number of carbonyl (C=O) groups excluding carboxylic acids is 1. The van der Waals surface area contributed by atoms with Gasteiger partial charge in [-0.05, 0) is 32.0 Å². The molecule has 1 aromatic carbocycles. The van der Waals surface area contributed by atoms with Crippen molar-refractivity contribution >= 4 is 29.5 Å². The van der Waals surface area contributed by atoms with E-state index in [1.165, 1.54) is 25.1 Å². The molecular weight excluding hydrogens is 270 g/mol. The Morgan fingerprint density at radius 2 is 2.21 bits per heavy atom. The van der Waals surface area contributed by atoms with Crippen LogP contribution in [0.2, 0.25) is 5.02 Å². The van der Waals surface area contributed by atoms with E-state index in [9.17, 15) is 15.0 Å². The number of benzene rings is 1. The zero-order valence-electron chi connectivity index (χ0n) is 10.6. The first kappa shape index (κ1) is 15.0. The van der Waals surface area contributed by atoms with Crippen molar-refractivity contribution in [2.45, 2.75) is 13.8 Å². The van der Waals surface area contributed by atoms with Crippen LogP contribution in [0.4, 0.5) is 5.69 Å². The quantitative estimate of drug-likeness (QED) is 0.385. The van der Waals surface area contributed by atoms with Crippen molar-refractivity contribution in [3.63, 3.8) is 0 Å². The highest BCUT2D eigenvalue weighted by Crippen LogP contribution is 2.29. The van der Waals surface area contributed by atoms with Gasteiger partial charge in [-0.2, -0.15) is 0 Å². The number of aliphatic imine (C=N–C) groups is 1. The molecule has 2 N–H and O–H groups in total. The van der Waals surface area contributed by atoms with Crippen molar-refractivity contribution in [3.8, 4) is 5.75 Å². The maximum atomic E-state index is 11.5. The second kappa shape index (κ2) is 6.80. The summed E-state index contributed by atoms with van der Waals surface area (Å²) in [5, 5.41) is 19.4. The molecule has 19 heavy (non-hydrogen) atoms. The Morgan fingerprint density at radius 3 is 2.79 bits per heavy atom. The van der Waals surface area contributed by atoms with Crippen LogP contribution in [-0.4, -0.2) is 29.0 Å². The lowest BCUT2D eigenvalue weighted by Crippen LogP contribution is -2.10. The Labute approximate surface area is 115 Å². The third-order valence-electron chi connectivity index (χ3n) is 2.16. The Bertz CT molecular complexity index is 533. The molecule has 0 fully saturated rings. The van der Waals surface area contributed by atoms with E-state index in [-0.39, 0.29) is 29.4 Å². The summed E-state index contributed by atoms with van der Waals surface area (Å²) < 4.78 is 4.77. The summed E-state index contributed by atoms with van der Waals surface area (Å²) in [6.07, 6.45) is 1.12. The molecule has 0 aliphatic rings. The number of carbonyl (C=O) groups is 1. The number of phenolic OH excluding ortho intramolecular Hbond substituents is 1. The second-order valence-electron chi connectivity index (χ2n) is 3.61. The van der Waals surface area contributed by atoms with Gasteiger partial charge in [0.15, 0.2) is 0 Å². The van der Waals surface area contributed by atoms with Crippen LogP contribution >= 0.6 is 11.6 Å². The zero-order valence-corrected chi connectivity index (χ0v) is 11.3. The number of aromatic hydroxyl groups is 1. The summed E-state index contributed by atoms with van der Waals surface area (Å²) in [7, 11) is 0. The maximum Gasteiger partial charge on any atom is 0.343 e. The molecular formula is C13H14ClNO4. The van der Waals surface area contributed by atoms with E-state index in [0.29, 0.717) is 5.02 Å². The molecule has 0 heterocycles. The molecule has 0 unspecified atom stereocenters. The number of rotatable bonds is 4. The van der Waals surface area contributed by atoms with Crippen molar-refractivity contribution in [2.75, 3.05) is 6.61 Å². The third kappa shape index (κ3) is 4.30. The number of allylic oxidation sites excluding steroid dienone is 1. The smallest absolute Gasteiger partial charge is 0.343 e. The Morgan fingerprint density at radius 1 is 1.53 bits per heavy atom. The molecule has 102 valence electrons. The predicted molar refractivity (Wildman–Crippen MR) is 73.2 cm³/mol. The second-order valence-corrected chi connectivity index (χ2v) is 4.05. The number of phenols is 1. The van der Waals surface area contributed by atoms with Gasteiger partial charge < -0.3 is 14.9 Å². The number of esters is 1. The van der Waals surface area contributed by atoms with Gasteiger partial charge in [0.25, 0.3) is 0 Å². The molecule has 0 amide bonds. The third-order valence-corrected chi connectivity index (χ3v) is 2.39. The molecule has 0 bridgehead atoms. The minimum atomic E-state index is -0.687. The molecule has 1 rings (SSSR count). The fraction of sp³-hybridized carbons (Fsp3) is 0.231. The van der Waals surface area contributed by atoms with Crippen LogP contribution in [0.5, 0.6) is 5.75 Å². The van der Waals surface area contributed by atoms with Crippen LogP contribution in [0.1, 0.15) is 13.8 Å². The number of nitrogens with zero attached hydrogens (tertiary/aromatic N) is 1. The zero-order chi connectivity index (χ0) is 14.4. The van der Waals surface area contributed by atoms with Crippen LogP contribution < -0.4 is 0 Å². The molecule has 0 aromatic heterocycles. The van der Waals surface area contributed by atoms with E-state index in [4.69, 9.17) is 16.3 Å². The Balaban J connectivity index is 3.04. The van der Waals surface area contributed by atoms with Gasteiger partial charge in [-0.3, -0.25) is 4.99 Å². The van der Waals surface area contributed by atoms with Crippen molar-refractivity contribution in [1.29, 1.82) is 0 Å². The topological polar surface area (TPSA) is 79.1 Å². The number of aliphatic hydroxyl groups is 1. The van der Waals surface area contributed by atoms with Crippen LogP contribution in [0.25, 0.3) is 0 Å². The van der Waals surface area contributed by atoms with Crippen LogP contribution in [-0.2, 0) is 9.53 Å². The number of ether oxygens (including phenoxy) is 1. The minimum Gasteiger partial charge on any atom is -0.512 e. The lowest BCUT2D eigenvalue weighted by molar-refractivity contribution is -0.138. The van der Waals surface area contributed by atoms with Gasteiger partial charge in [0.05, 0.1) is 6.61 Å². The SMILES string of the molecule is CCOC(=O)/C(C=Nc1cc(Cl)ccc1O)=C(/C)O.